The van der Waals surface area contributed by atoms with Crippen LogP contribution in [-0.2, 0) is 16.0 Å². The second-order valence-electron chi connectivity index (χ2n) is 6.00. The van der Waals surface area contributed by atoms with E-state index < -0.39 is 12.0 Å². The van der Waals surface area contributed by atoms with E-state index in [1.54, 1.807) is 6.92 Å². The Balaban J connectivity index is 1.76. The smallest absolute Gasteiger partial charge is 0.338 e. The molecule has 2 aromatic carbocycles. The maximum absolute atomic E-state index is 12.7. The average Bonchev–Trinajstić information content (AvgIpc) is 2.62. The van der Waals surface area contributed by atoms with Crippen molar-refractivity contribution in [3.8, 4) is 0 Å². The first-order chi connectivity index (χ1) is 12.5. The number of urea groups is 1. The Bertz CT molecular complexity index is 849. The largest absolute Gasteiger partial charge is 0.462 e. The molecular weight excluding hydrogens is 396 g/mol. The van der Waals surface area contributed by atoms with Gasteiger partial charge in [0.1, 0.15) is 0 Å². The highest BCUT2D eigenvalue weighted by atomic mass is 79.9. The number of carbonyl (C=O) groups excluding carboxylic acids is 2. The van der Waals surface area contributed by atoms with Gasteiger partial charge >= 0.3 is 12.0 Å². The minimum absolute atomic E-state index is 0.277. The first kappa shape index (κ1) is 18.2. The highest BCUT2D eigenvalue weighted by Gasteiger charge is 2.32. The minimum Gasteiger partial charge on any atom is -0.462 e. The van der Waals surface area contributed by atoms with E-state index in [4.69, 9.17) is 4.74 Å². The summed E-state index contributed by atoms with van der Waals surface area (Å²) in [7, 11) is 0. The number of nitrogens with one attached hydrogen (secondary N) is 2. The molecule has 0 aromatic heterocycles. The molecule has 6 heteroatoms. The van der Waals surface area contributed by atoms with Crippen molar-refractivity contribution < 1.29 is 14.3 Å². The predicted molar refractivity (Wildman–Crippen MR) is 102 cm³/mol. The fourth-order valence-corrected chi connectivity index (χ4v) is 3.30. The van der Waals surface area contributed by atoms with Crippen LogP contribution in [0.2, 0.25) is 0 Å². The van der Waals surface area contributed by atoms with Crippen molar-refractivity contribution in [2.45, 2.75) is 19.4 Å². The highest BCUT2D eigenvalue weighted by molar-refractivity contribution is 9.10. The van der Waals surface area contributed by atoms with Crippen molar-refractivity contribution in [3.05, 3.63) is 81.5 Å². The molecular formula is C20H19BrN2O3. The van der Waals surface area contributed by atoms with E-state index in [0.717, 1.165) is 15.6 Å². The summed E-state index contributed by atoms with van der Waals surface area (Å²) < 4.78 is 6.35. The van der Waals surface area contributed by atoms with Crippen LogP contribution in [0.1, 0.15) is 24.1 Å². The van der Waals surface area contributed by atoms with Crippen molar-refractivity contribution >= 4 is 27.9 Å². The molecule has 0 bridgehead atoms. The van der Waals surface area contributed by atoms with Gasteiger partial charge in [0.15, 0.2) is 0 Å². The van der Waals surface area contributed by atoms with Crippen LogP contribution in [0.3, 0.4) is 0 Å². The van der Waals surface area contributed by atoms with E-state index in [1.165, 1.54) is 0 Å². The van der Waals surface area contributed by atoms with E-state index in [2.05, 4.69) is 26.6 Å². The first-order valence-corrected chi connectivity index (χ1v) is 9.08. The molecule has 1 aliphatic rings. The lowest BCUT2D eigenvalue weighted by Crippen LogP contribution is -2.45. The Morgan fingerprint density at radius 2 is 1.92 bits per heavy atom. The SMILES string of the molecule is CC1=C(C(=O)OCCc2ccccc2)[C@H](c2cccc(Br)c2)NC(=O)N1. The number of hydrogen-bond donors (Lipinski definition) is 2. The Hall–Kier alpha value is -2.60. The van der Waals surface area contributed by atoms with E-state index >= 15 is 0 Å². The van der Waals surface area contributed by atoms with E-state index in [1.807, 2.05) is 54.6 Å². The van der Waals surface area contributed by atoms with Gasteiger partial charge in [0.25, 0.3) is 0 Å². The van der Waals surface area contributed by atoms with Gasteiger partial charge in [-0.25, -0.2) is 9.59 Å². The monoisotopic (exact) mass is 414 g/mol. The molecule has 2 N–H and O–H groups in total. The standard InChI is InChI=1S/C20H19BrN2O3/c1-13-17(19(24)26-11-10-14-6-3-2-4-7-14)18(23-20(25)22-13)15-8-5-9-16(21)12-15/h2-9,12,18H,10-11H2,1H3,(H2,22,23,25)/t18-/m0/s1. The van der Waals surface area contributed by atoms with Crippen molar-refractivity contribution in [2.24, 2.45) is 0 Å². The number of amides is 2. The molecule has 1 aliphatic heterocycles. The topological polar surface area (TPSA) is 67.4 Å². The molecule has 2 aromatic rings. The maximum Gasteiger partial charge on any atom is 0.338 e. The molecule has 0 fully saturated rings. The molecule has 5 nitrogen and oxygen atoms in total. The summed E-state index contributed by atoms with van der Waals surface area (Å²) in [6, 6.07) is 16.4. The van der Waals surface area contributed by atoms with Crippen LogP contribution in [0.4, 0.5) is 4.79 Å². The van der Waals surface area contributed by atoms with Gasteiger partial charge in [-0.05, 0) is 30.2 Å². The number of hydrogen-bond acceptors (Lipinski definition) is 3. The Kier molecular flexibility index (Phi) is 5.73. The summed E-state index contributed by atoms with van der Waals surface area (Å²) >= 11 is 3.42. The number of benzene rings is 2. The van der Waals surface area contributed by atoms with Crippen molar-refractivity contribution in [2.75, 3.05) is 6.61 Å². The predicted octanol–water partition coefficient (Wildman–Crippen LogP) is 3.86. The Morgan fingerprint density at radius 3 is 2.65 bits per heavy atom. The van der Waals surface area contributed by atoms with Gasteiger partial charge in [-0.15, -0.1) is 0 Å². The van der Waals surface area contributed by atoms with Crippen molar-refractivity contribution in [1.29, 1.82) is 0 Å². The van der Waals surface area contributed by atoms with Crippen molar-refractivity contribution in [3.63, 3.8) is 0 Å². The number of allylic oxidation sites excluding steroid dienone is 1. The molecule has 0 spiro atoms. The van der Waals surface area contributed by atoms with E-state index in [9.17, 15) is 9.59 Å². The number of rotatable bonds is 5. The summed E-state index contributed by atoms with van der Waals surface area (Å²) in [6.07, 6.45) is 0.639. The van der Waals surface area contributed by atoms with Gasteiger partial charge in [0, 0.05) is 16.6 Å². The lowest BCUT2D eigenvalue weighted by molar-refractivity contribution is -0.139. The van der Waals surface area contributed by atoms with Gasteiger partial charge in [-0.2, -0.15) is 0 Å². The number of ether oxygens (including phenoxy) is 1. The van der Waals surface area contributed by atoms with Crippen LogP contribution in [0.25, 0.3) is 0 Å². The first-order valence-electron chi connectivity index (χ1n) is 8.29. The third-order valence-corrected chi connectivity index (χ3v) is 4.63. The van der Waals surface area contributed by atoms with Crippen LogP contribution in [0.15, 0.2) is 70.3 Å². The third kappa shape index (κ3) is 4.32. The summed E-state index contributed by atoms with van der Waals surface area (Å²) in [6.45, 7) is 1.98. The number of carbonyl (C=O) groups is 2. The normalized spacial score (nSPS) is 16.7. The second-order valence-corrected chi connectivity index (χ2v) is 6.91. The molecule has 3 rings (SSSR count). The molecule has 1 atom stereocenters. The van der Waals surface area contributed by atoms with E-state index in [0.29, 0.717) is 17.7 Å². The molecule has 0 unspecified atom stereocenters. The second kappa shape index (κ2) is 8.19. The molecule has 134 valence electrons. The molecule has 0 radical (unpaired) electrons. The molecule has 26 heavy (non-hydrogen) atoms. The number of esters is 1. The zero-order valence-corrected chi connectivity index (χ0v) is 15.9. The van der Waals surface area contributed by atoms with Crippen LogP contribution in [0, 0.1) is 0 Å². The van der Waals surface area contributed by atoms with Gasteiger partial charge in [0.05, 0.1) is 18.2 Å². The molecule has 0 saturated carbocycles. The van der Waals surface area contributed by atoms with Gasteiger partial charge < -0.3 is 15.4 Å². The van der Waals surface area contributed by atoms with E-state index in [-0.39, 0.29) is 12.6 Å². The van der Waals surface area contributed by atoms with Crippen LogP contribution < -0.4 is 10.6 Å². The molecule has 0 aliphatic carbocycles. The van der Waals surface area contributed by atoms with Crippen LogP contribution in [0.5, 0.6) is 0 Å². The van der Waals surface area contributed by atoms with Gasteiger partial charge in [0.2, 0.25) is 0 Å². The summed E-state index contributed by atoms with van der Waals surface area (Å²) in [5.74, 6) is -0.434. The van der Waals surface area contributed by atoms with Crippen LogP contribution in [-0.4, -0.2) is 18.6 Å². The quantitative estimate of drug-likeness (QED) is 0.729. The van der Waals surface area contributed by atoms with Crippen LogP contribution >= 0.6 is 15.9 Å². The van der Waals surface area contributed by atoms with Crippen molar-refractivity contribution in [1.82, 2.24) is 10.6 Å². The Morgan fingerprint density at radius 1 is 1.15 bits per heavy atom. The van der Waals surface area contributed by atoms with Gasteiger partial charge in [-0.1, -0.05) is 58.4 Å². The fourth-order valence-electron chi connectivity index (χ4n) is 2.88. The maximum atomic E-state index is 12.7. The van der Waals surface area contributed by atoms with Gasteiger partial charge in [-0.3, -0.25) is 0 Å². The lowest BCUT2D eigenvalue weighted by Gasteiger charge is -2.28. The molecule has 1 heterocycles. The zero-order chi connectivity index (χ0) is 18.5. The third-order valence-electron chi connectivity index (χ3n) is 4.14. The summed E-state index contributed by atoms with van der Waals surface area (Å²) in [5, 5.41) is 5.45. The fraction of sp³-hybridized carbons (Fsp3) is 0.200. The molecule has 0 saturated heterocycles. The lowest BCUT2D eigenvalue weighted by atomic mass is 9.96. The number of halogens is 1. The zero-order valence-electron chi connectivity index (χ0n) is 14.3. The molecule has 2 amide bonds. The Labute approximate surface area is 160 Å². The highest BCUT2D eigenvalue weighted by Crippen LogP contribution is 2.29. The summed E-state index contributed by atoms with van der Waals surface area (Å²) in [5.41, 5.74) is 2.83. The summed E-state index contributed by atoms with van der Waals surface area (Å²) in [4.78, 5) is 24.6. The average molecular weight is 415 g/mol. The minimum atomic E-state index is -0.550.